The van der Waals surface area contributed by atoms with Crippen molar-refractivity contribution in [3.63, 3.8) is 0 Å². The van der Waals surface area contributed by atoms with Gasteiger partial charge in [-0.05, 0) is 67.4 Å². The third-order valence-corrected chi connectivity index (χ3v) is 7.13. The maximum absolute atomic E-state index is 12.8. The Morgan fingerprint density at radius 3 is 2.70 bits per heavy atom. The van der Waals surface area contributed by atoms with E-state index in [1.54, 1.807) is 6.20 Å². The molecule has 1 amide bonds. The van der Waals surface area contributed by atoms with Crippen LogP contribution in [-0.2, 0) is 11.3 Å². The van der Waals surface area contributed by atoms with Crippen LogP contribution in [0.2, 0.25) is 0 Å². The predicted molar refractivity (Wildman–Crippen MR) is 94.1 cm³/mol. The highest BCUT2D eigenvalue weighted by Gasteiger charge is 2.57. The molecule has 4 aliphatic rings. The van der Waals surface area contributed by atoms with Crippen molar-refractivity contribution in [1.29, 1.82) is 0 Å². The average molecular weight is 377 g/mol. The number of hydrogen-bond donors (Lipinski definition) is 0. The number of pyridine rings is 1. The second-order valence-electron chi connectivity index (χ2n) is 8.40. The molecule has 0 spiro atoms. The number of alkyl halides is 1. The monoisotopic (exact) mass is 376 g/mol. The third-order valence-electron chi connectivity index (χ3n) is 6.21. The first kappa shape index (κ1) is 15.6. The quantitative estimate of drug-likeness (QED) is 0.738. The Kier molecular flexibility index (Phi) is 3.79. The second kappa shape index (κ2) is 5.58. The summed E-state index contributed by atoms with van der Waals surface area (Å²) in [6.07, 6.45) is 12.1. The summed E-state index contributed by atoms with van der Waals surface area (Å²) in [5.74, 6) is 1.98. The normalized spacial score (nSPS) is 37.8. The molecular weight excluding hydrogens is 352 g/mol. The van der Waals surface area contributed by atoms with Crippen molar-refractivity contribution in [1.82, 2.24) is 9.88 Å². The Balaban J connectivity index is 1.44. The zero-order valence-corrected chi connectivity index (χ0v) is 15.4. The number of hydrogen-bond acceptors (Lipinski definition) is 2. The van der Waals surface area contributed by atoms with Gasteiger partial charge in [0.05, 0.1) is 0 Å². The van der Waals surface area contributed by atoms with E-state index < -0.39 is 0 Å². The van der Waals surface area contributed by atoms with E-state index in [9.17, 15) is 4.79 Å². The molecule has 23 heavy (non-hydrogen) atoms. The molecule has 4 saturated carbocycles. The van der Waals surface area contributed by atoms with Gasteiger partial charge in [0.2, 0.25) is 5.91 Å². The van der Waals surface area contributed by atoms with Gasteiger partial charge in [0.1, 0.15) is 0 Å². The molecule has 0 aliphatic heterocycles. The molecule has 1 aromatic rings. The van der Waals surface area contributed by atoms with Gasteiger partial charge in [0.15, 0.2) is 0 Å². The van der Waals surface area contributed by atoms with Crippen LogP contribution in [0, 0.1) is 17.3 Å². The second-order valence-corrected chi connectivity index (χ2v) is 10.1. The van der Waals surface area contributed by atoms with Gasteiger partial charge in [0, 0.05) is 36.7 Å². The number of carbonyl (C=O) groups excluding carboxylic acids is 1. The SMILES string of the molecule is CN(Cc1cccnc1)C(=O)CC12CC3CC(CC(Br)(C3)C1)C2. The summed E-state index contributed by atoms with van der Waals surface area (Å²) in [5, 5.41) is 0. The fourth-order valence-electron chi connectivity index (χ4n) is 5.85. The van der Waals surface area contributed by atoms with E-state index in [1.165, 1.54) is 38.5 Å². The number of amides is 1. The minimum absolute atomic E-state index is 0.258. The van der Waals surface area contributed by atoms with Crippen LogP contribution in [0.1, 0.15) is 50.5 Å². The highest BCUT2D eigenvalue weighted by Crippen LogP contribution is 2.65. The molecule has 2 atom stereocenters. The van der Waals surface area contributed by atoms with Crippen LogP contribution in [0.25, 0.3) is 0 Å². The summed E-state index contributed by atoms with van der Waals surface area (Å²) in [4.78, 5) is 18.9. The van der Waals surface area contributed by atoms with Crippen molar-refractivity contribution in [3.8, 4) is 0 Å². The molecule has 1 heterocycles. The molecule has 0 saturated heterocycles. The van der Waals surface area contributed by atoms with E-state index in [1.807, 2.05) is 30.3 Å². The van der Waals surface area contributed by atoms with Gasteiger partial charge in [-0.3, -0.25) is 9.78 Å². The number of nitrogens with zero attached hydrogens (tertiary/aromatic N) is 2. The average Bonchev–Trinajstić information content (AvgIpc) is 2.45. The maximum atomic E-state index is 12.8. The first-order valence-corrected chi connectivity index (χ1v) is 9.57. The van der Waals surface area contributed by atoms with Crippen molar-refractivity contribution < 1.29 is 4.79 Å². The standard InChI is InChI=1S/C19H25BrN2O/c1-22(12-14-3-2-4-21-11-14)17(23)10-18-6-15-5-16(7-18)9-19(20,8-15)13-18/h2-4,11,15-16H,5-10,12-13H2,1H3. The van der Waals surface area contributed by atoms with E-state index in [-0.39, 0.29) is 5.41 Å². The first-order chi connectivity index (χ1) is 11.0. The Hall–Kier alpha value is -0.900. The van der Waals surface area contributed by atoms with Crippen LogP contribution < -0.4 is 0 Å². The van der Waals surface area contributed by atoms with E-state index in [4.69, 9.17) is 0 Å². The van der Waals surface area contributed by atoms with E-state index in [0.717, 1.165) is 23.8 Å². The zero-order valence-electron chi connectivity index (χ0n) is 13.8. The lowest BCUT2D eigenvalue weighted by atomic mass is 9.48. The summed E-state index contributed by atoms with van der Waals surface area (Å²) in [5.41, 5.74) is 1.36. The number of carbonyl (C=O) groups is 1. The van der Waals surface area contributed by atoms with Gasteiger partial charge < -0.3 is 4.90 Å². The molecule has 4 bridgehead atoms. The molecule has 2 unspecified atom stereocenters. The smallest absolute Gasteiger partial charge is 0.223 e. The minimum Gasteiger partial charge on any atom is -0.341 e. The largest absolute Gasteiger partial charge is 0.341 e. The van der Waals surface area contributed by atoms with Crippen LogP contribution in [0.5, 0.6) is 0 Å². The molecular formula is C19H25BrN2O. The minimum atomic E-state index is 0.258. The molecule has 1 aromatic heterocycles. The summed E-state index contributed by atoms with van der Waals surface area (Å²) < 4.78 is 0.333. The topological polar surface area (TPSA) is 33.2 Å². The van der Waals surface area contributed by atoms with Gasteiger partial charge >= 0.3 is 0 Å². The highest BCUT2D eigenvalue weighted by atomic mass is 79.9. The summed E-state index contributed by atoms with van der Waals surface area (Å²) >= 11 is 4.04. The van der Waals surface area contributed by atoms with Crippen LogP contribution in [0.15, 0.2) is 24.5 Å². The van der Waals surface area contributed by atoms with Gasteiger partial charge in [-0.1, -0.05) is 22.0 Å². The Morgan fingerprint density at radius 1 is 1.35 bits per heavy atom. The maximum Gasteiger partial charge on any atom is 0.223 e. The molecule has 5 rings (SSSR count). The Bertz CT molecular complexity index is 589. The Labute approximate surface area is 147 Å². The number of aromatic nitrogens is 1. The van der Waals surface area contributed by atoms with Crippen molar-refractivity contribution >= 4 is 21.8 Å². The van der Waals surface area contributed by atoms with Gasteiger partial charge in [-0.15, -0.1) is 0 Å². The molecule has 3 nitrogen and oxygen atoms in total. The molecule has 0 N–H and O–H groups in total. The fourth-order valence-corrected chi connectivity index (χ4v) is 7.36. The molecule has 4 heteroatoms. The summed E-state index contributed by atoms with van der Waals surface area (Å²) in [7, 11) is 1.93. The first-order valence-electron chi connectivity index (χ1n) is 8.77. The molecule has 0 radical (unpaired) electrons. The van der Waals surface area contributed by atoms with Gasteiger partial charge in [0.25, 0.3) is 0 Å². The lowest BCUT2D eigenvalue weighted by Crippen LogP contribution is -2.54. The number of halogens is 1. The number of rotatable bonds is 4. The molecule has 4 aliphatic carbocycles. The summed E-state index contributed by atoms with van der Waals surface area (Å²) in [6.45, 7) is 0.662. The van der Waals surface area contributed by atoms with E-state index in [2.05, 4.69) is 20.9 Å². The van der Waals surface area contributed by atoms with Crippen LogP contribution in [-0.4, -0.2) is 27.2 Å². The molecule has 124 valence electrons. The molecule has 0 aromatic carbocycles. The summed E-state index contributed by atoms with van der Waals surface area (Å²) in [6, 6.07) is 3.97. The van der Waals surface area contributed by atoms with Crippen molar-refractivity contribution in [2.24, 2.45) is 17.3 Å². The molecule has 4 fully saturated rings. The predicted octanol–water partition coefficient (Wildman–Crippen LogP) is 4.16. The van der Waals surface area contributed by atoms with Crippen LogP contribution in [0.3, 0.4) is 0 Å². The fraction of sp³-hybridized carbons (Fsp3) is 0.684. The van der Waals surface area contributed by atoms with Crippen LogP contribution >= 0.6 is 15.9 Å². The highest BCUT2D eigenvalue weighted by molar-refractivity contribution is 9.10. The zero-order chi connectivity index (χ0) is 16.1. The van der Waals surface area contributed by atoms with Crippen molar-refractivity contribution in [2.45, 2.75) is 55.8 Å². The van der Waals surface area contributed by atoms with Crippen molar-refractivity contribution in [3.05, 3.63) is 30.1 Å². The third kappa shape index (κ3) is 3.07. The van der Waals surface area contributed by atoms with Crippen LogP contribution in [0.4, 0.5) is 0 Å². The van der Waals surface area contributed by atoms with Gasteiger partial charge in [-0.25, -0.2) is 0 Å². The lowest BCUT2D eigenvalue weighted by molar-refractivity contribution is -0.137. The Morgan fingerprint density at radius 2 is 2.09 bits per heavy atom. The van der Waals surface area contributed by atoms with E-state index in [0.29, 0.717) is 16.8 Å². The lowest BCUT2D eigenvalue weighted by Gasteiger charge is -2.60. The van der Waals surface area contributed by atoms with Gasteiger partial charge in [-0.2, -0.15) is 0 Å². The van der Waals surface area contributed by atoms with Crippen molar-refractivity contribution in [2.75, 3.05) is 7.05 Å². The van der Waals surface area contributed by atoms with E-state index >= 15 is 0 Å².